The Kier molecular flexibility index (Phi) is 53.4. The fourth-order valence-electron chi connectivity index (χ4n) is 9.55. The van der Waals surface area contributed by atoms with Crippen LogP contribution >= 0.6 is 0 Å². The standard InChI is InChI=1S/C60H117NO5/c1-4-7-10-13-16-19-22-25-28-29-32-34-37-40-43-46-49-52-58(63)57(55-62)61-59(64)54-56(51-48-45-42-39-36-33-30-26-23-20-17-14-11-8-5-2)66-60(65)53-50-47-44-41-38-35-31-27-24-21-18-15-12-9-6-3/h21,24,56-58,62-63H,4-20,22-23,25-55H2,1-3H3,(H,61,64)/b24-21-. The summed E-state index contributed by atoms with van der Waals surface area (Å²) in [6, 6.07) is -0.697. The number of aliphatic hydroxyl groups is 2. The van der Waals surface area contributed by atoms with Crippen molar-refractivity contribution in [2.24, 2.45) is 0 Å². The second kappa shape index (κ2) is 54.5. The third-order valence-corrected chi connectivity index (χ3v) is 14.1. The van der Waals surface area contributed by atoms with Gasteiger partial charge in [0.15, 0.2) is 0 Å². The van der Waals surface area contributed by atoms with Gasteiger partial charge in [-0.1, -0.05) is 283 Å². The van der Waals surface area contributed by atoms with Gasteiger partial charge in [-0.2, -0.15) is 0 Å². The van der Waals surface area contributed by atoms with Gasteiger partial charge < -0.3 is 20.3 Å². The summed E-state index contributed by atoms with van der Waals surface area (Å²) in [5, 5.41) is 23.9. The van der Waals surface area contributed by atoms with E-state index in [0.29, 0.717) is 19.3 Å². The molecule has 0 aliphatic heterocycles. The van der Waals surface area contributed by atoms with Crippen LogP contribution in [0.1, 0.15) is 335 Å². The molecule has 0 aromatic carbocycles. The SMILES string of the molecule is CCCCCC/C=C\CCCCCCCCCC(=O)OC(CCCCCCCCCCCCCCCCC)CC(=O)NC(CO)C(O)CCCCCCCCCCCCCCCCCCC. The zero-order valence-electron chi connectivity index (χ0n) is 44.9. The molecule has 0 spiro atoms. The Morgan fingerprint density at radius 3 is 1.09 bits per heavy atom. The number of allylic oxidation sites excluding steroid dienone is 2. The molecule has 3 unspecified atom stereocenters. The highest BCUT2D eigenvalue weighted by Crippen LogP contribution is 2.19. The van der Waals surface area contributed by atoms with Crippen molar-refractivity contribution in [1.82, 2.24) is 5.32 Å². The van der Waals surface area contributed by atoms with Crippen molar-refractivity contribution in [3.63, 3.8) is 0 Å². The van der Waals surface area contributed by atoms with Crippen molar-refractivity contribution in [2.45, 2.75) is 354 Å². The predicted molar refractivity (Wildman–Crippen MR) is 287 cm³/mol. The van der Waals surface area contributed by atoms with Crippen LogP contribution in [0, 0.1) is 0 Å². The zero-order valence-corrected chi connectivity index (χ0v) is 44.9. The van der Waals surface area contributed by atoms with Gasteiger partial charge in [0.25, 0.3) is 0 Å². The Morgan fingerprint density at radius 1 is 0.424 bits per heavy atom. The number of unbranched alkanes of at least 4 members (excludes halogenated alkanes) is 41. The number of esters is 1. The molecule has 0 heterocycles. The number of aliphatic hydroxyl groups excluding tert-OH is 2. The quantitative estimate of drug-likeness (QED) is 0.0321. The molecular weight excluding hydrogens is 815 g/mol. The summed E-state index contributed by atoms with van der Waals surface area (Å²) in [4.78, 5) is 26.3. The van der Waals surface area contributed by atoms with E-state index in [4.69, 9.17) is 4.74 Å². The Hall–Kier alpha value is -1.40. The highest BCUT2D eigenvalue weighted by molar-refractivity contribution is 5.77. The molecule has 1 amide bonds. The van der Waals surface area contributed by atoms with E-state index in [0.717, 1.165) is 44.9 Å². The number of nitrogens with one attached hydrogen (secondary N) is 1. The first-order valence-electron chi connectivity index (χ1n) is 29.9. The van der Waals surface area contributed by atoms with Gasteiger partial charge in [0.2, 0.25) is 5.91 Å². The van der Waals surface area contributed by atoms with Crippen LogP contribution in [-0.2, 0) is 14.3 Å². The third kappa shape index (κ3) is 49.0. The lowest BCUT2D eigenvalue weighted by Crippen LogP contribution is -2.46. The van der Waals surface area contributed by atoms with Gasteiger partial charge in [0.05, 0.1) is 25.2 Å². The topological polar surface area (TPSA) is 95.9 Å². The molecule has 0 aliphatic rings. The van der Waals surface area contributed by atoms with Crippen LogP contribution in [0.25, 0.3) is 0 Å². The number of amides is 1. The van der Waals surface area contributed by atoms with E-state index in [2.05, 4.69) is 38.2 Å². The van der Waals surface area contributed by atoms with Gasteiger partial charge in [0, 0.05) is 6.42 Å². The van der Waals surface area contributed by atoms with E-state index in [1.807, 2.05) is 0 Å². The molecule has 3 N–H and O–H groups in total. The van der Waals surface area contributed by atoms with E-state index in [9.17, 15) is 19.8 Å². The molecule has 66 heavy (non-hydrogen) atoms. The van der Waals surface area contributed by atoms with Gasteiger partial charge in [0.1, 0.15) is 6.10 Å². The third-order valence-electron chi connectivity index (χ3n) is 14.1. The summed E-state index contributed by atoms with van der Waals surface area (Å²) in [5.41, 5.74) is 0. The smallest absolute Gasteiger partial charge is 0.306 e. The van der Waals surface area contributed by atoms with Crippen molar-refractivity contribution < 1.29 is 24.5 Å². The van der Waals surface area contributed by atoms with Gasteiger partial charge in [-0.25, -0.2) is 0 Å². The van der Waals surface area contributed by atoms with E-state index in [-0.39, 0.29) is 24.9 Å². The van der Waals surface area contributed by atoms with Crippen molar-refractivity contribution >= 4 is 11.9 Å². The van der Waals surface area contributed by atoms with Crippen LogP contribution in [0.15, 0.2) is 12.2 Å². The highest BCUT2D eigenvalue weighted by atomic mass is 16.5. The highest BCUT2D eigenvalue weighted by Gasteiger charge is 2.24. The maximum atomic E-state index is 13.3. The molecule has 0 aromatic heterocycles. The average Bonchev–Trinajstić information content (AvgIpc) is 3.31. The van der Waals surface area contributed by atoms with Gasteiger partial charge in [-0.15, -0.1) is 0 Å². The largest absolute Gasteiger partial charge is 0.462 e. The van der Waals surface area contributed by atoms with Gasteiger partial charge in [-0.3, -0.25) is 9.59 Å². The Balaban J connectivity index is 4.48. The van der Waals surface area contributed by atoms with Crippen LogP contribution in [0.4, 0.5) is 0 Å². The number of hydrogen-bond acceptors (Lipinski definition) is 5. The van der Waals surface area contributed by atoms with Gasteiger partial charge >= 0.3 is 5.97 Å². The Morgan fingerprint density at radius 2 is 0.727 bits per heavy atom. The van der Waals surface area contributed by atoms with E-state index < -0.39 is 18.2 Å². The monoisotopic (exact) mass is 932 g/mol. The lowest BCUT2D eigenvalue weighted by atomic mass is 10.0. The van der Waals surface area contributed by atoms with Crippen LogP contribution < -0.4 is 5.32 Å². The molecule has 0 saturated carbocycles. The summed E-state index contributed by atoms with van der Waals surface area (Å²) < 4.78 is 5.97. The van der Waals surface area contributed by atoms with E-state index in [1.54, 1.807) is 0 Å². The fraction of sp³-hybridized carbons (Fsp3) is 0.933. The van der Waals surface area contributed by atoms with E-state index in [1.165, 1.54) is 244 Å². The normalized spacial score (nSPS) is 13.1. The average molecular weight is 933 g/mol. The minimum atomic E-state index is -0.784. The minimum Gasteiger partial charge on any atom is -0.462 e. The molecule has 0 aliphatic carbocycles. The molecule has 0 radical (unpaired) electrons. The predicted octanol–water partition coefficient (Wildman–Crippen LogP) is 18.5. The summed E-state index contributed by atoms with van der Waals surface area (Å²) in [5.74, 6) is -0.454. The van der Waals surface area contributed by atoms with Crippen LogP contribution in [0.5, 0.6) is 0 Å². The molecule has 3 atom stereocenters. The second-order valence-corrected chi connectivity index (χ2v) is 20.8. The summed E-state index contributed by atoms with van der Waals surface area (Å²) in [6.45, 7) is 6.52. The van der Waals surface area contributed by atoms with Crippen molar-refractivity contribution in [2.75, 3.05) is 6.61 Å². The molecule has 0 aromatic rings. The van der Waals surface area contributed by atoms with Crippen LogP contribution in [-0.4, -0.2) is 46.9 Å². The van der Waals surface area contributed by atoms with Gasteiger partial charge in [-0.05, 0) is 51.4 Å². The number of rotatable bonds is 55. The molecule has 392 valence electrons. The molecule has 6 nitrogen and oxygen atoms in total. The maximum Gasteiger partial charge on any atom is 0.306 e. The molecule has 0 saturated heterocycles. The fourth-order valence-corrected chi connectivity index (χ4v) is 9.55. The number of hydrogen-bond donors (Lipinski definition) is 3. The van der Waals surface area contributed by atoms with Crippen LogP contribution in [0.3, 0.4) is 0 Å². The van der Waals surface area contributed by atoms with Crippen molar-refractivity contribution in [1.29, 1.82) is 0 Å². The zero-order chi connectivity index (χ0) is 48.1. The van der Waals surface area contributed by atoms with Crippen LogP contribution in [0.2, 0.25) is 0 Å². The Bertz CT molecular complexity index is 1000. The molecule has 0 fully saturated rings. The number of carbonyl (C=O) groups is 2. The second-order valence-electron chi connectivity index (χ2n) is 20.8. The number of ether oxygens (including phenoxy) is 1. The molecule has 0 bridgehead atoms. The first-order valence-corrected chi connectivity index (χ1v) is 29.9. The first kappa shape index (κ1) is 64.6. The lowest BCUT2D eigenvalue weighted by Gasteiger charge is -2.24. The molecule has 0 rings (SSSR count). The minimum absolute atomic E-state index is 0.0841. The maximum absolute atomic E-state index is 13.3. The Labute approximate surface area is 412 Å². The first-order chi connectivity index (χ1) is 32.5. The molecule has 6 heteroatoms. The van der Waals surface area contributed by atoms with E-state index >= 15 is 0 Å². The summed E-state index contributed by atoms with van der Waals surface area (Å²) in [6.07, 6.45) is 62.8. The van der Waals surface area contributed by atoms with Crippen molar-refractivity contribution in [3.8, 4) is 0 Å². The lowest BCUT2D eigenvalue weighted by molar-refractivity contribution is -0.151. The summed E-state index contributed by atoms with van der Waals surface area (Å²) >= 11 is 0. The van der Waals surface area contributed by atoms with Crippen molar-refractivity contribution in [3.05, 3.63) is 12.2 Å². The molecular formula is C60H117NO5. The number of carbonyl (C=O) groups excluding carboxylic acids is 2. The summed E-state index contributed by atoms with van der Waals surface area (Å²) in [7, 11) is 0.